The van der Waals surface area contributed by atoms with Crippen LogP contribution in [0.15, 0.2) is 47.5 Å². The lowest BCUT2D eigenvalue weighted by Crippen LogP contribution is -2.26. The largest absolute Gasteiger partial charge is 0.416 e. The number of nitrogens with one attached hydrogen (secondary N) is 1. The average Bonchev–Trinajstić information content (AvgIpc) is 2.55. The van der Waals surface area contributed by atoms with Gasteiger partial charge in [-0.25, -0.2) is 4.98 Å². The molecule has 0 radical (unpaired) electrons. The summed E-state index contributed by atoms with van der Waals surface area (Å²) in [5, 5.41) is 2.81. The Hall–Kier alpha value is -2.90. The molecule has 0 aliphatic heterocycles. The standard InChI is InChI=1S/C17H15F3N4O/c1-10(2)24-14-9-21-8-7-13(14)23-15(16(24)25)22-12-5-3-11(4-6-12)17(18,19)20/h3-10H,1-2H3,(H,22,23). The van der Waals surface area contributed by atoms with Gasteiger partial charge in [0.05, 0.1) is 22.8 Å². The van der Waals surface area contributed by atoms with Gasteiger partial charge in [-0.05, 0) is 44.2 Å². The molecule has 25 heavy (non-hydrogen) atoms. The molecule has 2 heterocycles. The van der Waals surface area contributed by atoms with Crippen LogP contribution >= 0.6 is 0 Å². The second kappa shape index (κ2) is 6.19. The number of nitrogens with zero attached hydrogens (tertiary/aromatic N) is 3. The first-order valence-corrected chi connectivity index (χ1v) is 7.58. The van der Waals surface area contributed by atoms with Crippen LogP contribution in [0.2, 0.25) is 0 Å². The molecule has 0 saturated carbocycles. The summed E-state index contributed by atoms with van der Waals surface area (Å²) >= 11 is 0. The van der Waals surface area contributed by atoms with E-state index in [9.17, 15) is 18.0 Å². The molecule has 0 aliphatic carbocycles. The van der Waals surface area contributed by atoms with Crippen LogP contribution < -0.4 is 10.9 Å². The summed E-state index contributed by atoms with van der Waals surface area (Å²) < 4.78 is 39.4. The second-order valence-corrected chi connectivity index (χ2v) is 5.79. The summed E-state index contributed by atoms with van der Waals surface area (Å²) in [6.45, 7) is 3.71. The Bertz CT molecular complexity index is 962. The first-order valence-electron chi connectivity index (χ1n) is 7.58. The number of halogens is 3. The number of benzene rings is 1. The molecule has 0 atom stereocenters. The van der Waals surface area contributed by atoms with Crippen LogP contribution in [-0.2, 0) is 6.18 Å². The summed E-state index contributed by atoms with van der Waals surface area (Å²) in [6, 6.07) is 5.98. The monoisotopic (exact) mass is 348 g/mol. The van der Waals surface area contributed by atoms with Crippen molar-refractivity contribution in [2.45, 2.75) is 26.1 Å². The van der Waals surface area contributed by atoms with Crippen LogP contribution in [0.3, 0.4) is 0 Å². The second-order valence-electron chi connectivity index (χ2n) is 5.79. The quantitative estimate of drug-likeness (QED) is 0.773. The van der Waals surface area contributed by atoms with Gasteiger partial charge in [0.2, 0.25) is 0 Å². The lowest BCUT2D eigenvalue weighted by molar-refractivity contribution is -0.137. The fourth-order valence-electron chi connectivity index (χ4n) is 2.52. The Morgan fingerprint density at radius 2 is 1.80 bits per heavy atom. The molecule has 0 bridgehead atoms. The topological polar surface area (TPSA) is 59.8 Å². The van der Waals surface area contributed by atoms with Gasteiger partial charge in [0.15, 0.2) is 5.82 Å². The summed E-state index contributed by atoms with van der Waals surface area (Å²) in [4.78, 5) is 21.0. The summed E-state index contributed by atoms with van der Waals surface area (Å²) in [6.07, 6.45) is -1.28. The Labute approximate surface area is 141 Å². The van der Waals surface area contributed by atoms with E-state index >= 15 is 0 Å². The first-order chi connectivity index (χ1) is 11.8. The van der Waals surface area contributed by atoms with Crippen molar-refractivity contribution in [3.63, 3.8) is 0 Å². The Morgan fingerprint density at radius 1 is 1.12 bits per heavy atom. The lowest BCUT2D eigenvalue weighted by Gasteiger charge is -2.15. The van der Waals surface area contributed by atoms with Crippen molar-refractivity contribution in [1.29, 1.82) is 0 Å². The predicted molar refractivity (Wildman–Crippen MR) is 88.9 cm³/mol. The molecule has 3 rings (SSSR count). The van der Waals surface area contributed by atoms with Gasteiger partial charge in [0.1, 0.15) is 0 Å². The predicted octanol–water partition coefficient (Wildman–Crippen LogP) is 4.13. The number of pyridine rings is 1. The third-order valence-corrected chi connectivity index (χ3v) is 3.68. The molecule has 8 heteroatoms. The highest BCUT2D eigenvalue weighted by Gasteiger charge is 2.30. The van der Waals surface area contributed by atoms with Crippen molar-refractivity contribution in [2.24, 2.45) is 0 Å². The van der Waals surface area contributed by atoms with Crippen LogP contribution in [0, 0.1) is 0 Å². The Morgan fingerprint density at radius 3 is 2.40 bits per heavy atom. The first kappa shape index (κ1) is 16.9. The maximum absolute atomic E-state index is 12.7. The molecule has 3 aromatic rings. The molecule has 0 aliphatic rings. The van der Waals surface area contributed by atoms with Gasteiger partial charge >= 0.3 is 6.18 Å². The van der Waals surface area contributed by atoms with Gasteiger partial charge in [0, 0.05) is 17.9 Å². The minimum atomic E-state index is -4.41. The van der Waals surface area contributed by atoms with Gasteiger partial charge in [-0.3, -0.25) is 14.3 Å². The van der Waals surface area contributed by atoms with E-state index in [0.717, 1.165) is 12.1 Å². The molecule has 0 amide bonds. The molecule has 0 fully saturated rings. The normalized spacial score (nSPS) is 11.9. The minimum Gasteiger partial charge on any atom is -0.336 e. The lowest BCUT2D eigenvalue weighted by atomic mass is 10.2. The molecular weight excluding hydrogens is 333 g/mol. The molecule has 130 valence electrons. The molecule has 0 saturated heterocycles. The van der Waals surface area contributed by atoms with Crippen LogP contribution in [-0.4, -0.2) is 14.5 Å². The van der Waals surface area contributed by atoms with Crippen LogP contribution in [0.25, 0.3) is 11.0 Å². The number of hydrogen-bond donors (Lipinski definition) is 1. The van der Waals surface area contributed by atoms with E-state index in [0.29, 0.717) is 16.7 Å². The molecule has 1 aromatic carbocycles. The molecule has 2 aromatic heterocycles. The van der Waals surface area contributed by atoms with Gasteiger partial charge < -0.3 is 5.32 Å². The van der Waals surface area contributed by atoms with Crippen molar-refractivity contribution >= 4 is 22.5 Å². The molecule has 0 spiro atoms. The van der Waals surface area contributed by atoms with Crippen molar-refractivity contribution in [2.75, 3.05) is 5.32 Å². The van der Waals surface area contributed by atoms with Crippen LogP contribution in [0.1, 0.15) is 25.5 Å². The Kier molecular flexibility index (Phi) is 4.20. The van der Waals surface area contributed by atoms with Gasteiger partial charge in [-0.15, -0.1) is 0 Å². The zero-order valence-electron chi connectivity index (χ0n) is 13.5. The van der Waals surface area contributed by atoms with Crippen molar-refractivity contribution in [1.82, 2.24) is 14.5 Å². The van der Waals surface area contributed by atoms with Crippen molar-refractivity contribution in [3.8, 4) is 0 Å². The molecular formula is C17H15F3N4O. The number of alkyl halides is 3. The molecule has 5 nitrogen and oxygen atoms in total. The van der Waals surface area contributed by atoms with Gasteiger partial charge in [0.25, 0.3) is 5.56 Å². The highest BCUT2D eigenvalue weighted by atomic mass is 19.4. The fourth-order valence-corrected chi connectivity index (χ4v) is 2.52. The Balaban J connectivity index is 2.05. The zero-order valence-corrected chi connectivity index (χ0v) is 13.5. The van der Waals surface area contributed by atoms with Crippen LogP contribution in [0.5, 0.6) is 0 Å². The highest BCUT2D eigenvalue weighted by molar-refractivity contribution is 5.76. The van der Waals surface area contributed by atoms with E-state index in [2.05, 4.69) is 15.3 Å². The van der Waals surface area contributed by atoms with Crippen molar-refractivity contribution < 1.29 is 13.2 Å². The van der Waals surface area contributed by atoms with E-state index in [4.69, 9.17) is 0 Å². The van der Waals surface area contributed by atoms with E-state index in [1.165, 1.54) is 12.1 Å². The van der Waals surface area contributed by atoms with E-state index < -0.39 is 11.7 Å². The summed E-state index contributed by atoms with van der Waals surface area (Å²) in [5.41, 5.74) is 0.394. The fraction of sp³-hybridized carbons (Fsp3) is 0.235. The van der Waals surface area contributed by atoms with Gasteiger partial charge in [-0.2, -0.15) is 13.2 Å². The van der Waals surface area contributed by atoms with Crippen molar-refractivity contribution in [3.05, 3.63) is 58.6 Å². The summed E-state index contributed by atoms with van der Waals surface area (Å²) in [5.74, 6) is 0.0483. The molecule has 0 unspecified atom stereocenters. The number of hydrogen-bond acceptors (Lipinski definition) is 4. The zero-order chi connectivity index (χ0) is 18.2. The SMILES string of the molecule is CC(C)n1c(=O)c(Nc2ccc(C(F)(F)F)cc2)nc2ccncc21. The number of aromatic nitrogens is 3. The highest BCUT2D eigenvalue weighted by Crippen LogP contribution is 2.30. The van der Waals surface area contributed by atoms with Gasteiger partial charge in [-0.1, -0.05) is 0 Å². The third-order valence-electron chi connectivity index (χ3n) is 3.68. The molecule has 1 N–H and O–H groups in total. The maximum Gasteiger partial charge on any atom is 0.416 e. The average molecular weight is 348 g/mol. The number of rotatable bonds is 3. The maximum atomic E-state index is 12.7. The summed E-state index contributed by atoms with van der Waals surface area (Å²) in [7, 11) is 0. The number of anilines is 2. The van der Waals surface area contributed by atoms with E-state index in [1.54, 1.807) is 23.0 Å². The third kappa shape index (κ3) is 3.33. The van der Waals surface area contributed by atoms with E-state index in [-0.39, 0.29) is 17.4 Å². The smallest absolute Gasteiger partial charge is 0.336 e. The minimum absolute atomic E-state index is 0.0483. The van der Waals surface area contributed by atoms with Crippen LogP contribution in [0.4, 0.5) is 24.7 Å². The number of fused-ring (bicyclic) bond motifs is 1. The van der Waals surface area contributed by atoms with E-state index in [1.807, 2.05) is 13.8 Å².